The Labute approximate surface area is 95.5 Å². The molecule has 78 valence electrons. The summed E-state index contributed by atoms with van der Waals surface area (Å²) in [6, 6.07) is 3.95. The third-order valence-corrected chi connectivity index (χ3v) is 2.70. The van der Waals surface area contributed by atoms with E-state index in [1.54, 1.807) is 0 Å². The fraction of sp³-hybridized carbons (Fsp3) is 0.308. The zero-order valence-electron chi connectivity index (χ0n) is 9.00. The second kappa shape index (κ2) is 4.19. The molecule has 1 nitrogen and oxygen atoms in total. The number of halogens is 1. The van der Waals surface area contributed by atoms with Gasteiger partial charge >= 0.3 is 0 Å². The Morgan fingerprint density at radius 1 is 1.40 bits per heavy atom. The summed E-state index contributed by atoms with van der Waals surface area (Å²) in [5, 5.41) is 0.567. The highest BCUT2D eigenvalue weighted by Gasteiger charge is 2.08. The maximum Gasteiger partial charge on any atom is 0.130 e. The van der Waals surface area contributed by atoms with Gasteiger partial charge in [0.2, 0.25) is 0 Å². The van der Waals surface area contributed by atoms with E-state index in [1.165, 1.54) is 5.57 Å². The van der Waals surface area contributed by atoms with E-state index < -0.39 is 0 Å². The van der Waals surface area contributed by atoms with Crippen LogP contribution in [0.4, 0.5) is 0 Å². The SMILES string of the molecule is Cc1cc(Cl)nc(C2=CC(C)CC=C2)c1. The van der Waals surface area contributed by atoms with Gasteiger partial charge in [-0.25, -0.2) is 4.98 Å². The fourth-order valence-corrected chi connectivity index (χ4v) is 2.05. The molecule has 0 aromatic carbocycles. The van der Waals surface area contributed by atoms with Crippen LogP contribution in [0.15, 0.2) is 30.4 Å². The summed E-state index contributed by atoms with van der Waals surface area (Å²) in [7, 11) is 0. The summed E-state index contributed by atoms with van der Waals surface area (Å²) in [5.74, 6) is 0.589. The van der Waals surface area contributed by atoms with Crippen LogP contribution in [-0.2, 0) is 0 Å². The number of pyridine rings is 1. The van der Waals surface area contributed by atoms with Crippen LogP contribution in [0.5, 0.6) is 0 Å². The van der Waals surface area contributed by atoms with E-state index in [9.17, 15) is 0 Å². The van der Waals surface area contributed by atoms with E-state index in [-0.39, 0.29) is 0 Å². The van der Waals surface area contributed by atoms with Crippen molar-refractivity contribution in [2.75, 3.05) is 0 Å². The standard InChI is InChI=1S/C13H14ClN/c1-9-4-3-5-11(6-9)12-7-10(2)8-13(14)15-12/h3,5-9H,4H2,1-2H3. The Bertz CT molecular complexity index is 412. The van der Waals surface area contributed by atoms with E-state index in [1.807, 2.05) is 13.0 Å². The van der Waals surface area contributed by atoms with Gasteiger partial charge in [-0.3, -0.25) is 0 Å². The minimum atomic E-state index is 0.567. The molecule has 1 heterocycles. The third-order valence-electron chi connectivity index (χ3n) is 2.50. The van der Waals surface area contributed by atoms with E-state index in [0.29, 0.717) is 11.1 Å². The molecule has 2 rings (SSSR count). The van der Waals surface area contributed by atoms with E-state index in [0.717, 1.165) is 17.7 Å². The van der Waals surface area contributed by atoms with Crippen molar-refractivity contribution >= 4 is 17.2 Å². The fourth-order valence-electron chi connectivity index (χ4n) is 1.78. The van der Waals surface area contributed by atoms with Gasteiger partial charge < -0.3 is 0 Å². The Hall–Kier alpha value is -1.08. The monoisotopic (exact) mass is 219 g/mol. The lowest BCUT2D eigenvalue weighted by Gasteiger charge is -2.12. The molecular formula is C13H14ClN. The van der Waals surface area contributed by atoms with Gasteiger partial charge in [0.05, 0.1) is 5.69 Å². The van der Waals surface area contributed by atoms with Crippen molar-refractivity contribution in [2.24, 2.45) is 5.92 Å². The van der Waals surface area contributed by atoms with E-state index in [2.05, 4.69) is 36.2 Å². The van der Waals surface area contributed by atoms with Crippen LogP contribution in [0.25, 0.3) is 5.57 Å². The second-order valence-electron chi connectivity index (χ2n) is 4.09. The summed E-state index contributed by atoms with van der Waals surface area (Å²) in [4.78, 5) is 4.34. The molecule has 1 aliphatic rings. The molecule has 1 aromatic heterocycles. The molecule has 0 aliphatic heterocycles. The molecule has 2 heteroatoms. The van der Waals surface area contributed by atoms with E-state index in [4.69, 9.17) is 11.6 Å². The van der Waals surface area contributed by atoms with Gasteiger partial charge in [0.1, 0.15) is 5.15 Å². The van der Waals surface area contributed by atoms with Crippen LogP contribution < -0.4 is 0 Å². The molecule has 1 aliphatic carbocycles. The smallest absolute Gasteiger partial charge is 0.130 e. The summed E-state index contributed by atoms with van der Waals surface area (Å²) in [6.07, 6.45) is 7.68. The predicted octanol–water partition coefficient (Wildman–Crippen LogP) is 4.02. The second-order valence-corrected chi connectivity index (χ2v) is 4.48. The number of aryl methyl sites for hydroxylation is 1. The van der Waals surface area contributed by atoms with E-state index >= 15 is 0 Å². The van der Waals surface area contributed by atoms with Crippen molar-refractivity contribution in [3.05, 3.63) is 46.8 Å². The molecule has 0 saturated carbocycles. The average molecular weight is 220 g/mol. The molecule has 0 bridgehead atoms. The van der Waals surface area contributed by atoms with Crippen molar-refractivity contribution in [3.63, 3.8) is 0 Å². The summed E-state index contributed by atoms with van der Waals surface area (Å²) >= 11 is 5.94. The summed E-state index contributed by atoms with van der Waals surface area (Å²) in [6.45, 7) is 4.24. The number of nitrogens with zero attached hydrogens (tertiary/aromatic N) is 1. The van der Waals surface area contributed by atoms with Crippen molar-refractivity contribution in [3.8, 4) is 0 Å². The number of hydrogen-bond donors (Lipinski definition) is 0. The first-order valence-corrected chi connectivity index (χ1v) is 5.56. The first-order chi connectivity index (χ1) is 7.15. The molecule has 0 spiro atoms. The number of rotatable bonds is 1. The normalized spacial score (nSPS) is 20.2. The molecule has 0 amide bonds. The lowest BCUT2D eigenvalue weighted by molar-refractivity contribution is 0.739. The largest absolute Gasteiger partial charge is 0.236 e. The molecule has 1 unspecified atom stereocenters. The number of allylic oxidation sites excluding steroid dienone is 4. The topological polar surface area (TPSA) is 12.9 Å². The van der Waals surface area contributed by atoms with Gasteiger partial charge in [0.15, 0.2) is 0 Å². The van der Waals surface area contributed by atoms with Gasteiger partial charge in [0.25, 0.3) is 0 Å². The molecule has 15 heavy (non-hydrogen) atoms. The first kappa shape index (κ1) is 10.4. The Kier molecular flexibility index (Phi) is 2.92. The Morgan fingerprint density at radius 3 is 2.87 bits per heavy atom. The van der Waals surface area contributed by atoms with Crippen molar-refractivity contribution in [2.45, 2.75) is 20.3 Å². The van der Waals surface area contributed by atoms with Crippen LogP contribution in [-0.4, -0.2) is 4.98 Å². The van der Waals surface area contributed by atoms with Crippen LogP contribution in [0, 0.1) is 12.8 Å². The van der Waals surface area contributed by atoms with Crippen molar-refractivity contribution in [1.82, 2.24) is 4.98 Å². The van der Waals surface area contributed by atoms with Crippen LogP contribution >= 0.6 is 11.6 Å². The molecule has 1 atom stereocenters. The number of aromatic nitrogens is 1. The lowest BCUT2D eigenvalue weighted by Crippen LogP contribution is -1.97. The van der Waals surface area contributed by atoms with Crippen molar-refractivity contribution < 1.29 is 0 Å². The zero-order chi connectivity index (χ0) is 10.8. The molecule has 0 N–H and O–H groups in total. The molecule has 0 saturated heterocycles. The highest BCUT2D eigenvalue weighted by atomic mass is 35.5. The predicted molar refractivity (Wildman–Crippen MR) is 64.9 cm³/mol. The maximum absolute atomic E-state index is 5.94. The lowest BCUT2D eigenvalue weighted by atomic mass is 9.96. The average Bonchev–Trinajstić information content (AvgIpc) is 2.16. The highest BCUT2D eigenvalue weighted by molar-refractivity contribution is 6.29. The van der Waals surface area contributed by atoms with Crippen LogP contribution in [0.3, 0.4) is 0 Å². The molecular weight excluding hydrogens is 206 g/mol. The molecule has 0 radical (unpaired) electrons. The van der Waals surface area contributed by atoms with Crippen molar-refractivity contribution in [1.29, 1.82) is 0 Å². The summed E-state index contributed by atoms with van der Waals surface area (Å²) in [5.41, 5.74) is 3.31. The first-order valence-electron chi connectivity index (χ1n) is 5.18. The highest BCUT2D eigenvalue weighted by Crippen LogP contribution is 2.24. The summed E-state index contributed by atoms with van der Waals surface area (Å²) < 4.78 is 0. The quantitative estimate of drug-likeness (QED) is 0.650. The minimum absolute atomic E-state index is 0.567. The van der Waals surface area contributed by atoms with Gasteiger partial charge in [-0.05, 0) is 42.5 Å². The van der Waals surface area contributed by atoms with Crippen LogP contribution in [0.1, 0.15) is 24.6 Å². The third kappa shape index (κ3) is 2.48. The number of hydrogen-bond acceptors (Lipinski definition) is 1. The van der Waals surface area contributed by atoms with Gasteiger partial charge in [-0.2, -0.15) is 0 Å². The molecule has 0 fully saturated rings. The molecule has 1 aromatic rings. The Balaban J connectivity index is 2.41. The van der Waals surface area contributed by atoms with Gasteiger partial charge in [-0.1, -0.05) is 36.8 Å². The maximum atomic E-state index is 5.94. The minimum Gasteiger partial charge on any atom is -0.236 e. The Morgan fingerprint density at radius 2 is 2.20 bits per heavy atom. The van der Waals surface area contributed by atoms with Gasteiger partial charge in [-0.15, -0.1) is 0 Å². The zero-order valence-corrected chi connectivity index (χ0v) is 9.75. The van der Waals surface area contributed by atoms with Gasteiger partial charge in [0, 0.05) is 0 Å². The van der Waals surface area contributed by atoms with Crippen LogP contribution in [0.2, 0.25) is 5.15 Å².